The summed E-state index contributed by atoms with van der Waals surface area (Å²) in [4.78, 5) is 13.1. The number of likely N-dealkylation sites (tertiary alicyclic amines) is 1. The van der Waals surface area contributed by atoms with E-state index in [0.717, 1.165) is 13.0 Å². The highest BCUT2D eigenvalue weighted by molar-refractivity contribution is 5.49. The van der Waals surface area contributed by atoms with Crippen LogP contribution in [0.2, 0.25) is 0 Å². The van der Waals surface area contributed by atoms with E-state index in [9.17, 15) is 4.79 Å². The van der Waals surface area contributed by atoms with Gasteiger partial charge in [0, 0.05) is 12.1 Å². The van der Waals surface area contributed by atoms with Gasteiger partial charge in [0.25, 0.3) is 0 Å². The molecule has 13 heavy (non-hydrogen) atoms. The van der Waals surface area contributed by atoms with Gasteiger partial charge in [-0.2, -0.15) is 0 Å². The number of rotatable bonds is 1. The number of amides is 1. The van der Waals surface area contributed by atoms with E-state index in [1.54, 1.807) is 0 Å². The van der Waals surface area contributed by atoms with Gasteiger partial charge in [-0.15, -0.1) is 0 Å². The molecule has 0 unspecified atom stereocenters. The maximum absolute atomic E-state index is 11.0. The quantitative estimate of drug-likeness (QED) is 0.568. The molecule has 0 aromatic carbocycles. The van der Waals surface area contributed by atoms with E-state index in [-0.39, 0.29) is 5.54 Å². The minimum absolute atomic E-state index is 0.290. The van der Waals surface area contributed by atoms with Gasteiger partial charge in [0.15, 0.2) is 0 Å². The van der Waals surface area contributed by atoms with Gasteiger partial charge >= 0.3 is 0 Å². The summed E-state index contributed by atoms with van der Waals surface area (Å²) in [6, 6.07) is 0. The van der Waals surface area contributed by atoms with Gasteiger partial charge < -0.3 is 4.90 Å². The van der Waals surface area contributed by atoms with Gasteiger partial charge in [0.05, 0.1) is 0 Å². The molecule has 0 aromatic heterocycles. The number of carbonyl (C=O) groups is 1. The maximum atomic E-state index is 11.0. The van der Waals surface area contributed by atoms with Crippen molar-refractivity contribution in [3.63, 3.8) is 0 Å². The zero-order valence-electron chi connectivity index (χ0n) is 8.30. The standard InChI is InChI=1S/C11H19NO/c13-10-12-9-5-4-8-11(12)6-2-1-3-7-11/h10H,1-9H2. The highest BCUT2D eigenvalue weighted by Crippen LogP contribution is 2.39. The molecule has 74 valence electrons. The van der Waals surface area contributed by atoms with E-state index < -0.39 is 0 Å². The van der Waals surface area contributed by atoms with Crippen molar-refractivity contribution in [1.82, 2.24) is 4.90 Å². The first-order valence-electron chi connectivity index (χ1n) is 5.59. The third-order valence-electron chi connectivity index (χ3n) is 3.81. The summed E-state index contributed by atoms with van der Waals surface area (Å²) in [7, 11) is 0. The van der Waals surface area contributed by atoms with Crippen molar-refractivity contribution in [3.05, 3.63) is 0 Å². The molecule has 1 aliphatic heterocycles. The Hall–Kier alpha value is -0.530. The predicted molar refractivity (Wildman–Crippen MR) is 52.4 cm³/mol. The molecule has 0 aromatic rings. The lowest BCUT2D eigenvalue weighted by atomic mass is 9.75. The van der Waals surface area contributed by atoms with Crippen molar-refractivity contribution in [3.8, 4) is 0 Å². The minimum atomic E-state index is 0.290. The second-order valence-electron chi connectivity index (χ2n) is 4.54. The molecule has 2 aliphatic rings. The molecule has 0 N–H and O–H groups in total. The average Bonchev–Trinajstić information content (AvgIpc) is 2.20. The zero-order chi connectivity index (χ0) is 9.15. The lowest BCUT2D eigenvalue weighted by Gasteiger charge is -2.48. The molecule has 1 saturated carbocycles. The SMILES string of the molecule is O=CN1CCCCC12CCCCC2. The topological polar surface area (TPSA) is 20.3 Å². The molecular weight excluding hydrogens is 162 g/mol. The van der Waals surface area contributed by atoms with Crippen molar-refractivity contribution in [2.75, 3.05) is 6.54 Å². The van der Waals surface area contributed by atoms with Crippen LogP contribution in [0.15, 0.2) is 0 Å². The second kappa shape index (κ2) is 3.69. The predicted octanol–water partition coefficient (Wildman–Crippen LogP) is 2.33. The average molecular weight is 181 g/mol. The molecule has 2 heteroatoms. The van der Waals surface area contributed by atoms with E-state index in [4.69, 9.17) is 0 Å². The number of hydrogen-bond acceptors (Lipinski definition) is 1. The van der Waals surface area contributed by atoms with Gasteiger partial charge in [0.2, 0.25) is 6.41 Å². The first-order valence-corrected chi connectivity index (χ1v) is 5.59. The third-order valence-corrected chi connectivity index (χ3v) is 3.81. The molecule has 0 radical (unpaired) electrons. The lowest BCUT2D eigenvalue weighted by Crippen LogP contribution is -2.52. The summed E-state index contributed by atoms with van der Waals surface area (Å²) >= 11 is 0. The number of hydrogen-bond donors (Lipinski definition) is 0. The van der Waals surface area contributed by atoms with Crippen molar-refractivity contribution in [2.45, 2.75) is 56.9 Å². The van der Waals surface area contributed by atoms with E-state index in [1.807, 2.05) is 0 Å². The first kappa shape index (κ1) is 9.04. The molecule has 2 nitrogen and oxygen atoms in total. The summed E-state index contributed by atoms with van der Waals surface area (Å²) in [5, 5.41) is 0. The Morgan fingerprint density at radius 3 is 2.15 bits per heavy atom. The summed E-state index contributed by atoms with van der Waals surface area (Å²) in [6.45, 7) is 1.00. The molecule has 1 spiro atoms. The van der Waals surface area contributed by atoms with Crippen LogP contribution in [0.5, 0.6) is 0 Å². The largest absolute Gasteiger partial charge is 0.340 e. The summed E-state index contributed by atoms with van der Waals surface area (Å²) < 4.78 is 0. The molecule has 1 heterocycles. The lowest BCUT2D eigenvalue weighted by molar-refractivity contribution is -0.127. The Morgan fingerprint density at radius 1 is 0.923 bits per heavy atom. The Balaban J connectivity index is 2.10. The third kappa shape index (κ3) is 1.59. The van der Waals surface area contributed by atoms with E-state index in [1.165, 1.54) is 51.4 Å². The maximum Gasteiger partial charge on any atom is 0.210 e. The highest BCUT2D eigenvalue weighted by Gasteiger charge is 2.38. The van der Waals surface area contributed by atoms with Crippen LogP contribution >= 0.6 is 0 Å². The van der Waals surface area contributed by atoms with E-state index >= 15 is 0 Å². The number of nitrogens with zero attached hydrogens (tertiary/aromatic N) is 1. The van der Waals surface area contributed by atoms with Gasteiger partial charge in [-0.3, -0.25) is 4.79 Å². The van der Waals surface area contributed by atoms with Crippen LogP contribution < -0.4 is 0 Å². The van der Waals surface area contributed by atoms with Crippen LogP contribution in [0.4, 0.5) is 0 Å². The molecule has 2 fully saturated rings. The minimum Gasteiger partial charge on any atom is -0.340 e. The molecule has 0 bridgehead atoms. The van der Waals surface area contributed by atoms with Crippen molar-refractivity contribution >= 4 is 6.41 Å². The zero-order valence-corrected chi connectivity index (χ0v) is 8.30. The fourth-order valence-electron chi connectivity index (χ4n) is 3.03. The van der Waals surface area contributed by atoms with Gasteiger partial charge in [0.1, 0.15) is 0 Å². The Morgan fingerprint density at radius 2 is 1.54 bits per heavy atom. The normalized spacial score (nSPS) is 27.5. The number of piperidine rings is 1. The van der Waals surface area contributed by atoms with Crippen LogP contribution in [-0.2, 0) is 4.79 Å². The van der Waals surface area contributed by atoms with Crippen molar-refractivity contribution in [2.24, 2.45) is 0 Å². The van der Waals surface area contributed by atoms with Crippen molar-refractivity contribution < 1.29 is 4.79 Å². The summed E-state index contributed by atoms with van der Waals surface area (Å²) in [5.41, 5.74) is 0.290. The number of carbonyl (C=O) groups excluding carboxylic acids is 1. The molecule has 1 amide bonds. The van der Waals surface area contributed by atoms with E-state index in [2.05, 4.69) is 4.90 Å². The molecule has 1 saturated heterocycles. The van der Waals surface area contributed by atoms with Crippen LogP contribution in [0, 0.1) is 0 Å². The van der Waals surface area contributed by atoms with Gasteiger partial charge in [-0.25, -0.2) is 0 Å². The van der Waals surface area contributed by atoms with E-state index in [0.29, 0.717) is 0 Å². The Bertz CT molecular complexity index is 176. The first-order chi connectivity index (χ1) is 6.37. The molecule has 1 aliphatic carbocycles. The van der Waals surface area contributed by atoms with Crippen LogP contribution in [0.1, 0.15) is 51.4 Å². The fourth-order valence-corrected chi connectivity index (χ4v) is 3.03. The smallest absolute Gasteiger partial charge is 0.210 e. The Labute approximate surface area is 80.3 Å². The van der Waals surface area contributed by atoms with Crippen LogP contribution in [0.25, 0.3) is 0 Å². The summed E-state index contributed by atoms with van der Waals surface area (Å²) in [6.07, 6.45) is 11.4. The Kier molecular flexibility index (Phi) is 2.56. The van der Waals surface area contributed by atoms with Gasteiger partial charge in [-0.05, 0) is 32.1 Å². The van der Waals surface area contributed by atoms with Crippen molar-refractivity contribution in [1.29, 1.82) is 0 Å². The van der Waals surface area contributed by atoms with Gasteiger partial charge in [-0.1, -0.05) is 19.3 Å². The monoisotopic (exact) mass is 181 g/mol. The molecular formula is C11H19NO. The summed E-state index contributed by atoms with van der Waals surface area (Å²) in [5.74, 6) is 0. The van der Waals surface area contributed by atoms with Crippen LogP contribution in [0.3, 0.4) is 0 Å². The highest BCUT2D eigenvalue weighted by atomic mass is 16.1. The second-order valence-corrected chi connectivity index (χ2v) is 4.54. The fraction of sp³-hybridized carbons (Fsp3) is 0.909. The molecule has 2 rings (SSSR count). The van der Waals surface area contributed by atoms with Crippen LogP contribution in [-0.4, -0.2) is 23.4 Å². The molecule has 0 atom stereocenters.